The summed E-state index contributed by atoms with van der Waals surface area (Å²) in [5.41, 5.74) is 0.706. The van der Waals surface area contributed by atoms with E-state index in [-0.39, 0.29) is 5.76 Å². The number of allylic oxidation sites excluding steroid dienone is 3. The number of aliphatic hydroxyl groups is 2. The normalized spacial score (nSPS) is 26.1. The van der Waals surface area contributed by atoms with Crippen molar-refractivity contribution in [3.63, 3.8) is 0 Å². The Morgan fingerprint density at radius 1 is 1.56 bits per heavy atom. The van der Waals surface area contributed by atoms with Crippen molar-refractivity contribution < 1.29 is 10.2 Å². The topological polar surface area (TPSA) is 40.5 Å². The summed E-state index contributed by atoms with van der Waals surface area (Å²) >= 11 is 0. The highest BCUT2D eigenvalue weighted by Gasteiger charge is 2.07. The molecule has 2 N–H and O–H groups in total. The average molecular weight is 124 g/mol. The van der Waals surface area contributed by atoms with Gasteiger partial charge in [0.1, 0.15) is 11.9 Å². The van der Waals surface area contributed by atoms with Crippen LogP contribution in [-0.4, -0.2) is 16.3 Å². The predicted molar refractivity (Wildman–Crippen MR) is 35.0 cm³/mol. The molecule has 0 fully saturated rings. The smallest absolute Gasteiger partial charge is 0.129 e. The Hall–Kier alpha value is -1.02. The van der Waals surface area contributed by atoms with Crippen molar-refractivity contribution in [1.82, 2.24) is 0 Å². The van der Waals surface area contributed by atoms with E-state index in [9.17, 15) is 0 Å². The molecule has 1 atom stereocenters. The van der Waals surface area contributed by atoms with Gasteiger partial charge in [-0.2, -0.15) is 0 Å². The molecule has 0 heterocycles. The molecule has 0 aromatic carbocycles. The fraction of sp³-hybridized carbons (Fsp3) is 0.143. The Morgan fingerprint density at radius 2 is 2.22 bits per heavy atom. The van der Waals surface area contributed by atoms with E-state index < -0.39 is 6.10 Å². The lowest BCUT2D eigenvalue weighted by Crippen LogP contribution is -2.08. The van der Waals surface area contributed by atoms with Gasteiger partial charge in [0.2, 0.25) is 0 Å². The van der Waals surface area contributed by atoms with E-state index in [0.29, 0.717) is 5.57 Å². The second-order valence-electron chi connectivity index (χ2n) is 1.95. The molecule has 0 aromatic heterocycles. The van der Waals surface area contributed by atoms with E-state index in [1.165, 1.54) is 12.2 Å². The summed E-state index contributed by atoms with van der Waals surface area (Å²) in [7, 11) is 0. The molecule has 48 valence electrons. The van der Waals surface area contributed by atoms with Crippen LogP contribution >= 0.6 is 0 Å². The SMILES string of the molecule is C=C1C=CC(O)C(O)=C1. The second-order valence-corrected chi connectivity index (χ2v) is 1.95. The highest BCUT2D eigenvalue weighted by molar-refractivity contribution is 5.36. The molecule has 0 bridgehead atoms. The van der Waals surface area contributed by atoms with Gasteiger partial charge >= 0.3 is 0 Å². The van der Waals surface area contributed by atoms with Crippen LogP contribution in [0.25, 0.3) is 0 Å². The molecule has 0 amide bonds. The van der Waals surface area contributed by atoms with Crippen LogP contribution in [0.3, 0.4) is 0 Å². The van der Waals surface area contributed by atoms with E-state index in [2.05, 4.69) is 6.58 Å². The maximum atomic E-state index is 8.85. The summed E-state index contributed by atoms with van der Waals surface area (Å²) in [6.07, 6.45) is 3.74. The molecule has 0 saturated heterocycles. The third-order valence-electron chi connectivity index (χ3n) is 1.13. The molecule has 1 unspecified atom stereocenters. The van der Waals surface area contributed by atoms with Crippen molar-refractivity contribution >= 4 is 0 Å². The summed E-state index contributed by atoms with van der Waals surface area (Å²) in [4.78, 5) is 0. The van der Waals surface area contributed by atoms with Gasteiger partial charge in [-0.15, -0.1) is 0 Å². The fourth-order valence-electron chi connectivity index (χ4n) is 0.637. The third kappa shape index (κ3) is 1.21. The summed E-state index contributed by atoms with van der Waals surface area (Å²) < 4.78 is 0. The minimum absolute atomic E-state index is 0.0394. The van der Waals surface area contributed by atoms with Gasteiger partial charge in [-0.1, -0.05) is 12.7 Å². The van der Waals surface area contributed by atoms with Crippen LogP contribution in [0.2, 0.25) is 0 Å². The summed E-state index contributed by atoms with van der Waals surface area (Å²) in [6, 6.07) is 0. The Balaban J connectivity index is 2.82. The first-order chi connectivity index (χ1) is 4.20. The van der Waals surface area contributed by atoms with Crippen LogP contribution in [0.15, 0.2) is 36.1 Å². The van der Waals surface area contributed by atoms with Crippen molar-refractivity contribution in [2.45, 2.75) is 6.10 Å². The minimum atomic E-state index is -0.838. The lowest BCUT2D eigenvalue weighted by Gasteiger charge is -2.08. The molecule has 0 aliphatic heterocycles. The van der Waals surface area contributed by atoms with Crippen molar-refractivity contribution in [1.29, 1.82) is 0 Å². The molecule has 2 heteroatoms. The van der Waals surface area contributed by atoms with Crippen LogP contribution in [0, 0.1) is 0 Å². The first-order valence-corrected chi connectivity index (χ1v) is 2.66. The van der Waals surface area contributed by atoms with Crippen LogP contribution in [0.5, 0.6) is 0 Å². The quantitative estimate of drug-likeness (QED) is 0.504. The molecule has 0 aromatic rings. The zero-order chi connectivity index (χ0) is 6.85. The Morgan fingerprint density at radius 3 is 2.67 bits per heavy atom. The first-order valence-electron chi connectivity index (χ1n) is 2.66. The van der Waals surface area contributed by atoms with Crippen molar-refractivity contribution in [2.75, 3.05) is 0 Å². The lowest BCUT2D eigenvalue weighted by molar-refractivity contribution is 0.191. The summed E-state index contributed by atoms with van der Waals surface area (Å²) in [5, 5.41) is 17.7. The zero-order valence-electron chi connectivity index (χ0n) is 4.91. The van der Waals surface area contributed by atoms with Crippen LogP contribution in [0.1, 0.15) is 0 Å². The Labute approximate surface area is 53.4 Å². The van der Waals surface area contributed by atoms with Crippen molar-refractivity contribution in [3.05, 3.63) is 36.1 Å². The molecule has 1 aliphatic rings. The molecular formula is C7H8O2. The van der Waals surface area contributed by atoms with Gasteiger partial charge in [0, 0.05) is 0 Å². The molecule has 0 spiro atoms. The maximum absolute atomic E-state index is 8.85. The second kappa shape index (κ2) is 2.07. The predicted octanol–water partition coefficient (Wildman–Crippen LogP) is 0.915. The van der Waals surface area contributed by atoms with Crippen LogP contribution in [0.4, 0.5) is 0 Å². The van der Waals surface area contributed by atoms with Gasteiger partial charge in [0.05, 0.1) is 0 Å². The third-order valence-corrected chi connectivity index (χ3v) is 1.13. The van der Waals surface area contributed by atoms with Gasteiger partial charge in [-0.05, 0) is 17.7 Å². The molecule has 2 nitrogen and oxygen atoms in total. The van der Waals surface area contributed by atoms with E-state index >= 15 is 0 Å². The van der Waals surface area contributed by atoms with Gasteiger partial charge in [-0.25, -0.2) is 0 Å². The molecule has 1 rings (SSSR count). The van der Waals surface area contributed by atoms with E-state index in [4.69, 9.17) is 10.2 Å². The number of hydrogen-bond donors (Lipinski definition) is 2. The summed E-state index contributed by atoms with van der Waals surface area (Å²) in [5.74, 6) is -0.0394. The van der Waals surface area contributed by atoms with Crippen molar-refractivity contribution in [2.24, 2.45) is 0 Å². The average Bonchev–Trinajstić information content (AvgIpc) is 1.80. The van der Waals surface area contributed by atoms with E-state index in [0.717, 1.165) is 0 Å². The van der Waals surface area contributed by atoms with Crippen LogP contribution < -0.4 is 0 Å². The van der Waals surface area contributed by atoms with Crippen LogP contribution in [-0.2, 0) is 0 Å². The number of hydrogen-bond acceptors (Lipinski definition) is 2. The standard InChI is InChI=1S/C7H8O2/c1-5-2-3-6(8)7(9)4-5/h2-4,6,8-9H,1H2. The monoisotopic (exact) mass is 124 g/mol. The molecule has 0 saturated carbocycles. The largest absolute Gasteiger partial charge is 0.509 e. The van der Waals surface area contributed by atoms with E-state index in [1.54, 1.807) is 6.08 Å². The van der Waals surface area contributed by atoms with Gasteiger partial charge < -0.3 is 10.2 Å². The van der Waals surface area contributed by atoms with Gasteiger partial charge in [0.25, 0.3) is 0 Å². The Bertz CT molecular complexity index is 189. The number of rotatable bonds is 0. The van der Waals surface area contributed by atoms with Crippen molar-refractivity contribution in [3.8, 4) is 0 Å². The zero-order valence-corrected chi connectivity index (χ0v) is 4.91. The fourth-order valence-corrected chi connectivity index (χ4v) is 0.637. The lowest BCUT2D eigenvalue weighted by atomic mass is 10.1. The Kier molecular flexibility index (Phi) is 1.40. The molecule has 9 heavy (non-hydrogen) atoms. The maximum Gasteiger partial charge on any atom is 0.129 e. The van der Waals surface area contributed by atoms with Gasteiger partial charge in [-0.3, -0.25) is 0 Å². The highest BCUT2D eigenvalue weighted by Crippen LogP contribution is 2.11. The molecule has 1 aliphatic carbocycles. The minimum Gasteiger partial charge on any atom is -0.509 e. The van der Waals surface area contributed by atoms with E-state index in [1.807, 2.05) is 0 Å². The molecule has 0 radical (unpaired) electrons. The highest BCUT2D eigenvalue weighted by atomic mass is 16.3. The first kappa shape index (κ1) is 6.11. The summed E-state index contributed by atoms with van der Waals surface area (Å²) in [6.45, 7) is 3.56. The number of aliphatic hydroxyl groups excluding tert-OH is 2. The van der Waals surface area contributed by atoms with Gasteiger partial charge in [0.15, 0.2) is 0 Å². The molecular weight excluding hydrogens is 116 g/mol.